The summed E-state index contributed by atoms with van der Waals surface area (Å²) in [6.07, 6.45) is 0. The molecule has 0 N–H and O–H groups in total. The lowest BCUT2D eigenvalue weighted by atomic mass is 9.82. The standard InChI is InChI=1S/C48H33N5.C45H29N5.C33H20N4S/c1-48(2)39-22-12-9-19-33(39)34-26-25-31(27-40(34)48)46-49-45(30-15-5-3-6-16-30)50-47(51-46)53-42-24-14-11-21-36(42)38-28-37-35-20-10-13-23-41(35)52(43(37)29-44(38)53)32-17-7-4-8-18-32;1-4-14-30(15-5-1)31-24-26-33(27-25-31)44-46-43(32-16-6-2-7-17-32)47-45(48-44)50-40-23-13-11-21-36(40)38-28-37-35-20-10-12-22-39(35)49(41(37)29-42(38)50)34-18-8-3-9-19-34;1-3-11-21(12-4-1)31-34-32(22-13-5-2-6-14-22)36-33(35-31)37-27-17-9-7-15-23(27)25-19-26-24-16-8-10-18-29(24)38-30(26)20-28(25)37/h3-29H,1-2H3;1-29H;1-20H. The molecular formula is C126H82N14S. The molecule has 15 heteroatoms. The first kappa shape index (κ1) is 81.9. The Morgan fingerprint density at radius 2 is 0.440 bits per heavy atom. The van der Waals surface area contributed by atoms with E-state index in [4.69, 9.17) is 44.9 Å². The van der Waals surface area contributed by atoms with Gasteiger partial charge in [0.1, 0.15) is 0 Å². The molecule has 14 nitrogen and oxygen atoms in total. The SMILES string of the molecule is CC1(C)c2ccccc2-c2ccc(-c3nc(-c4ccccc4)nc(-n4c5ccccc5c5cc6c7ccccc7n(-c7ccccc7)c6cc54)n3)cc21.c1ccc(-c2ccc(-c3nc(-c4ccccc4)nc(-n4c5ccccc5c5cc6c7ccccc7n(-c7ccccc7)c6cc54)n3)cc2)cc1.c1ccc(-c2nc(-c3ccccc3)nc(-n3c4ccccc4c4cc5c(cc43)sc3ccccc35)n2)cc1. The number of hydrogen-bond donors (Lipinski definition) is 0. The molecule has 0 atom stereocenters. The smallest absolute Gasteiger partial charge is 0.238 e. The number of nitrogens with zero attached hydrogens (tertiary/aromatic N) is 14. The highest BCUT2D eigenvalue weighted by atomic mass is 32.1. The highest BCUT2D eigenvalue weighted by Gasteiger charge is 2.36. The zero-order valence-corrected chi connectivity index (χ0v) is 77.4. The molecule has 29 rings (SSSR count). The van der Waals surface area contributed by atoms with Gasteiger partial charge in [0, 0.05) is 124 Å². The van der Waals surface area contributed by atoms with Crippen LogP contribution in [0.1, 0.15) is 25.0 Å². The molecule has 0 spiro atoms. The van der Waals surface area contributed by atoms with Crippen molar-refractivity contribution < 1.29 is 0 Å². The molecule has 0 saturated carbocycles. The maximum atomic E-state index is 5.33. The van der Waals surface area contributed by atoms with Gasteiger partial charge in [0.05, 0.1) is 55.2 Å². The summed E-state index contributed by atoms with van der Waals surface area (Å²) >= 11 is 1.82. The van der Waals surface area contributed by atoms with Gasteiger partial charge in [0.25, 0.3) is 0 Å². The number of aromatic nitrogens is 14. The third kappa shape index (κ3) is 13.9. The molecule has 0 amide bonds. The highest BCUT2D eigenvalue weighted by Crippen LogP contribution is 2.51. The molecule has 9 heterocycles. The van der Waals surface area contributed by atoms with E-state index in [1.165, 1.54) is 91.3 Å². The summed E-state index contributed by atoms with van der Waals surface area (Å²) in [5.41, 5.74) is 26.3. The molecule has 0 fully saturated rings. The maximum absolute atomic E-state index is 5.33. The summed E-state index contributed by atoms with van der Waals surface area (Å²) in [7, 11) is 0. The minimum absolute atomic E-state index is 0.143. The van der Waals surface area contributed by atoms with E-state index in [-0.39, 0.29) is 5.41 Å². The van der Waals surface area contributed by atoms with Crippen LogP contribution in [0.5, 0.6) is 0 Å². The van der Waals surface area contributed by atoms with Crippen LogP contribution < -0.4 is 0 Å². The molecule has 0 bridgehead atoms. The number of para-hydroxylation sites is 7. The normalized spacial score (nSPS) is 12.2. The fourth-order valence-electron chi connectivity index (χ4n) is 21.2. The fourth-order valence-corrected chi connectivity index (χ4v) is 22.3. The van der Waals surface area contributed by atoms with Crippen LogP contribution in [0.3, 0.4) is 0 Å². The van der Waals surface area contributed by atoms with Crippen molar-refractivity contribution >= 4 is 141 Å². The quantitative estimate of drug-likeness (QED) is 0.117. The van der Waals surface area contributed by atoms with Crippen LogP contribution in [0, 0.1) is 0 Å². The number of fused-ring (bicyclic) bond motifs is 21. The molecule has 662 valence electrons. The lowest BCUT2D eigenvalue weighted by molar-refractivity contribution is 0.660. The Hall–Kier alpha value is -18.6. The molecule has 1 aliphatic carbocycles. The zero-order valence-electron chi connectivity index (χ0n) is 76.5. The summed E-state index contributed by atoms with van der Waals surface area (Å²) in [6, 6.07) is 162. The van der Waals surface area contributed by atoms with Crippen molar-refractivity contribution in [3.8, 4) is 120 Å². The maximum Gasteiger partial charge on any atom is 0.238 e. The Kier molecular flexibility index (Phi) is 19.4. The third-order valence-corrected chi connectivity index (χ3v) is 29.0. The third-order valence-electron chi connectivity index (χ3n) is 27.8. The predicted molar refractivity (Wildman–Crippen MR) is 580 cm³/mol. The molecule has 28 aromatic rings. The summed E-state index contributed by atoms with van der Waals surface area (Å²) in [5.74, 6) is 5.63. The van der Waals surface area contributed by atoms with Gasteiger partial charge in [-0.25, -0.2) is 15.0 Å². The first-order chi connectivity index (χ1) is 69.7. The van der Waals surface area contributed by atoms with Gasteiger partial charge in [-0.1, -0.05) is 372 Å². The molecule has 0 aliphatic heterocycles. The first-order valence-corrected chi connectivity index (χ1v) is 48.3. The van der Waals surface area contributed by atoms with E-state index >= 15 is 0 Å². The van der Waals surface area contributed by atoms with Gasteiger partial charge < -0.3 is 9.13 Å². The van der Waals surface area contributed by atoms with Crippen molar-refractivity contribution in [1.82, 2.24) is 67.7 Å². The van der Waals surface area contributed by atoms with Crippen molar-refractivity contribution in [1.29, 1.82) is 0 Å². The monoisotopic (exact) mass is 1820 g/mol. The first-order valence-electron chi connectivity index (χ1n) is 47.5. The van der Waals surface area contributed by atoms with Crippen LogP contribution in [-0.4, -0.2) is 67.7 Å². The molecule has 9 aromatic heterocycles. The van der Waals surface area contributed by atoms with Crippen molar-refractivity contribution in [2.75, 3.05) is 0 Å². The topological polar surface area (TPSA) is 141 Å². The van der Waals surface area contributed by atoms with E-state index in [2.05, 4.69) is 395 Å². The average molecular weight is 1820 g/mol. The van der Waals surface area contributed by atoms with E-state index in [0.717, 1.165) is 116 Å². The lowest BCUT2D eigenvalue weighted by Crippen LogP contribution is -2.15. The van der Waals surface area contributed by atoms with Gasteiger partial charge in [-0.3, -0.25) is 13.7 Å². The van der Waals surface area contributed by atoms with Crippen LogP contribution in [-0.2, 0) is 5.41 Å². The Labute approximate surface area is 813 Å². The average Bonchev–Trinajstić information content (AvgIpc) is 1.56. The van der Waals surface area contributed by atoms with Gasteiger partial charge in [-0.15, -0.1) is 11.3 Å². The minimum atomic E-state index is -0.143. The summed E-state index contributed by atoms with van der Waals surface area (Å²) in [5, 5.41) is 14.4. The Morgan fingerprint density at radius 3 is 0.837 bits per heavy atom. The van der Waals surface area contributed by atoms with Crippen molar-refractivity contribution in [2.45, 2.75) is 19.3 Å². The van der Waals surface area contributed by atoms with Crippen molar-refractivity contribution in [3.05, 3.63) is 472 Å². The van der Waals surface area contributed by atoms with E-state index in [0.29, 0.717) is 52.8 Å². The fraction of sp³-hybridized carbons (Fsp3) is 0.0238. The van der Waals surface area contributed by atoms with E-state index in [1.807, 2.05) is 114 Å². The molecule has 0 saturated heterocycles. The molecule has 0 radical (unpaired) electrons. The van der Waals surface area contributed by atoms with E-state index in [9.17, 15) is 0 Å². The Balaban J connectivity index is 0.000000107. The number of hydrogen-bond acceptors (Lipinski definition) is 10. The number of thiophene rings is 1. The number of rotatable bonds is 12. The predicted octanol–water partition coefficient (Wildman–Crippen LogP) is 31.4. The zero-order chi connectivity index (χ0) is 93.3. The van der Waals surface area contributed by atoms with Crippen LogP contribution in [0.4, 0.5) is 0 Å². The highest BCUT2D eigenvalue weighted by molar-refractivity contribution is 7.25. The molecule has 0 unspecified atom stereocenters. The summed E-state index contributed by atoms with van der Waals surface area (Å²) < 4.78 is 13.9. The summed E-state index contributed by atoms with van der Waals surface area (Å²) in [6.45, 7) is 4.62. The van der Waals surface area contributed by atoms with E-state index < -0.39 is 0 Å². The largest absolute Gasteiger partial charge is 0.309 e. The Bertz CT molecular complexity index is 9760. The molecular weight excluding hydrogens is 1740 g/mol. The number of benzene rings is 19. The second-order valence-electron chi connectivity index (χ2n) is 36.4. The van der Waals surface area contributed by atoms with Crippen molar-refractivity contribution in [2.24, 2.45) is 0 Å². The second-order valence-corrected chi connectivity index (χ2v) is 37.4. The van der Waals surface area contributed by atoms with Crippen LogP contribution in [0.15, 0.2) is 461 Å². The van der Waals surface area contributed by atoms with Gasteiger partial charge in [0.2, 0.25) is 17.8 Å². The second kappa shape index (κ2) is 33.5. The molecule has 1 aliphatic rings. The van der Waals surface area contributed by atoms with Gasteiger partial charge in [-0.05, 0) is 137 Å². The van der Waals surface area contributed by atoms with Gasteiger partial charge in [-0.2, -0.15) is 29.9 Å². The lowest BCUT2D eigenvalue weighted by Gasteiger charge is -2.21. The van der Waals surface area contributed by atoms with Crippen LogP contribution in [0.25, 0.3) is 249 Å². The summed E-state index contributed by atoms with van der Waals surface area (Å²) in [4.78, 5) is 46.1. The minimum Gasteiger partial charge on any atom is -0.309 e. The van der Waals surface area contributed by atoms with Gasteiger partial charge >= 0.3 is 0 Å². The van der Waals surface area contributed by atoms with Crippen LogP contribution in [0.2, 0.25) is 0 Å². The van der Waals surface area contributed by atoms with E-state index in [1.54, 1.807) is 0 Å². The van der Waals surface area contributed by atoms with Crippen molar-refractivity contribution in [3.63, 3.8) is 0 Å². The molecule has 19 aromatic carbocycles. The molecule has 141 heavy (non-hydrogen) atoms. The Morgan fingerprint density at radius 1 is 0.170 bits per heavy atom. The van der Waals surface area contributed by atoms with Crippen LogP contribution >= 0.6 is 11.3 Å². The van der Waals surface area contributed by atoms with Gasteiger partial charge in [0.15, 0.2) is 34.9 Å².